The van der Waals surface area contributed by atoms with E-state index < -0.39 is 20.5 Å². The van der Waals surface area contributed by atoms with Crippen molar-refractivity contribution in [3.63, 3.8) is 0 Å². The standard InChI is InChI=1S/C12H13N3.C2H3N.2ClHO4.Cu/c1-3-7-14-11(5-1)9-13-10-12-6-2-4-8-15-12;1-2-3;2*2-1(3,4)5;/h1-8,13H,9-10H2;1H3;2*(H,2,3,4,5);/q;;;;+2/p-2. The fraction of sp³-hybridized carbons (Fsp3) is 0.214. The minimum absolute atomic E-state index is 0. The maximum absolute atomic E-state index is 8.49. The summed E-state index contributed by atoms with van der Waals surface area (Å²) in [5.41, 5.74) is 2.10. The van der Waals surface area contributed by atoms with Crippen LogP contribution in [-0.4, -0.2) is 9.97 Å². The molecule has 12 nitrogen and oxygen atoms in total. The molecule has 0 spiro atoms. The number of hydrogen-bond acceptors (Lipinski definition) is 12. The van der Waals surface area contributed by atoms with Gasteiger partial charge in [0.1, 0.15) is 0 Å². The van der Waals surface area contributed by atoms with E-state index in [0.717, 1.165) is 24.5 Å². The molecule has 0 saturated heterocycles. The summed E-state index contributed by atoms with van der Waals surface area (Å²) in [6.07, 6.45) is 3.61. The summed E-state index contributed by atoms with van der Waals surface area (Å²) in [6, 6.07) is 13.6. The Kier molecular flexibility index (Phi) is 20.6. The first kappa shape index (κ1) is 32.2. The predicted octanol–water partition coefficient (Wildman–Crippen LogP) is -7.22. The second-order valence-corrected chi connectivity index (χ2v) is 5.74. The number of pyridine rings is 2. The van der Waals surface area contributed by atoms with Gasteiger partial charge in [0.25, 0.3) is 0 Å². The van der Waals surface area contributed by atoms with Gasteiger partial charge in [-0.05, 0) is 24.3 Å². The molecular formula is C14H16Cl2CuN4O8. The molecule has 2 rings (SSSR count). The Morgan fingerprint density at radius 3 is 1.28 bits per heavy atom. The minimum Gasteiger partial charge on any atom is -0.306 e. The first-order valence-corrected chi connectivity index (χ1v) is 9.38. The van der Waals surface area contributed by atoms with Gasteiger partial charge in [0, 0.05) is 32.4 Å². The van der Waals surface area contributed by atoms with Gasteiger partial charge in [-0.15, -0.1) is 20.5 Å². The molecule has 0 aliphatic carbocycles. The van der Waals surface area contributed by atoms with Crippen LogP contribution in [0.15, 0.2) is 48.8 Å². The molecule has 0 aliphatic heterocycles. The minimum atomic E-state index is -4.94. The Morgan fingerprint density at radius 2 is 1.07 bits per heavy atom. The summed E-state index contributed by atoms with van der Waals surface area (Å²) < 4.78 is 67.9. The number of nitrogens with zero attached hydrogens (tertiary/aromatic N) is 3. The maximum Gasteiger partial charge on any atom is 2.00 e. The van der Waals surface area contributed by atoms with Gasteiger partial charge >= 0.3 is 17.1 Å². The number of hydrogen-bond donors (Lipinski definition) is 1. The Morgan fingerprint density at radius 1 is 0.793 bits per heavy atom. The molecule has 0 bridgehead atoms. The molecule has 0 amide bonds. The van der Waals surface area contributed by atoms with Crippen LogP contribution >= 0.6 is 0 Å². The third-order valence-corrected chi connectivity index (χ3v) is 2.06. The van der Waals surface area contributed by atoms with Crippen molar-refractivity contribution in [2.24, 2.45) is 0 Å². The summed E-state index contributed by atoms with van der Waals surface area (Å²) in [5, 5.41) is 10.6. The van der Waals surface area contributed by atoms with E-state index in [4.69, 9.17) is 42.5 Å². The Hall–Kier alpha value is -1.47. The zero-order valence-corrected chi connectivity index (χ0v) is 17.2. The van der Waals surface area contributed by atoms with Crippen LogP contribution in [0.5, 0.6) is 0 Å². The van der Waals surface area contributed by atoms with Gasteiger partial charge in [-0.2, -0.15) is 5.26 Å². The molecular weight excluding hydrogens is 487 g/mol. The van der Waals surface area contributed by atoms with Gasteiger partial charge in [0.2, 0.25) is 0 Å². The number of aromatic nitrogens is 2. The van der Waals surface area contributed by atoms with Crippen LogP contribution in [0.25, 0.3) is 0 Å². The quantitative estimate of drug-likeness (QED) is 0.383. The normalized spacial score (nSPS) is 9.66. The fourth-order valence-electron chi connectivity index (χ4n) is 1.32. The molecule has 0 aromatic carbocycles. The summed E-state index contributed by atoms with van der Waals surface area (Å²) in [5.74, 6) is 0. The summed E-state index contributed by atoms with van der Waals surface area (Å²) in [4.78, 5) is 8.45. The van der Waals surface area contributed by atoms with Gasteiger partial charge in [0.15, 0.2) is 0 Å². The van der Waals surface area contributed by atoms with Crippen molar-refractivity contribution in [2.45, 2.75) is 20.0 Å². The molecule has 2 aromatic heterocycles. The topological polar surface area (TPSA) is 246 Å². The Bertz CT molecular complexity index is 591. The molecule has 0 atom stereocenters. The van der Waals surface area contributed by atoms with Crippen molar-refractivity contribution in [2.75, 3.05) is 0 Å². The van der Waals surface area contributed by atoms with E-state index in [2.05, 4.69) is 15.3 Å². The second-order valence-electron chi connectivity index (χ2n) is 4.23. The molecule has 0 unspecified atom stereocenters. The van der Waals surface area contributed by atoms with Crippen molar-refractivity contribution < 1.29 is 74.8 Å². The smallest absolute Gasteiger partial charge is 0.306 e. The van der Waals surface area contributed by atoms with Gasteiger partial charge in [-0.25, -0.2) is 37.3 Å². The van der Waals surface area contributed by atoms with Crippen molar-refractivity contribution in [3.8, 4) is 6.07 Å². The maximum atomic E-state index is 8.49. The van der Waals surface area contributed by atoms with Gasteiger partial charge in [-0.3, -0.25) is 9.97 Å². The SMILES string of the molecule is CC#N.[Cu+2].[O-][Cl+3]([O-])([O-])[O-].[O-][Cl+3]([O-])([O-])[O-].c1ccc(CNCc2ccccn2)nc1. The molecule has 29 heavy (non-hydrogen) atoms. The second kappa shape index (κ2) is 18.6. The number of nitriles is 1. The van der Waals surface area contributed by atoms with Crippen molar-refractivity contribution >= 4 is 0 Å². The van der Waals surface area contributed by atoms with E-state index >= 15 is 0 Å². The average molecular weight is 503 g/mol. The molecule has 0 fully saturated rings. The predicted molar refractivity (Wildman–Crippen MR) is 70.3 cm³/mol. The zero-order valence-electron chi connectivity index (χ0n) is 14.7. The van der Waals surface area contributed by atoms with E-state index in [1.54, 1.807) is 18.5 Å². The van der Waals surface area contributed by atoms with Crippen LogP contribution in [0.3, 0.4) is 0 Å². The first-order chi connectivity index (χ1) is 12.9. The van der Waals surface area contributed by atoms with Gasteiger partial charge < -0.3 is 5.32 Å². The fourth-order valence-corrected chi connectivity index (χ4v) is 1.32. The Labute approximate surface area is 181 Å². The number of halogens is 2. The van der Waals surface area contributed by atoms with Crippen LogP contribution < -0.4 is 42.6 Å². The molecule has 165 valence electrons. The van der Waals surface area contributed by atoms with E-state index in [9.17, 15) is 0 Å². The van der Waals surface area contributed by atoms with Gasteiger partial charge in [0.05, 0.1) is 17.5 Å². The van der Waals surface area contributed by atoms with E-state index in [0.29, 0.717) is 0 Å². The molecule has 15 heteroatoms. The third kappa shape index (κ3) is 37.9. The molecule has 2 aromatic rings. The van der Waals surface area contributed by atoms with E-state index in [1.807, 2.05) is 36.4 Å². The van der Waals surface area contributed by atoms with Crippen LogP contribution in [0.4, 0.5) is 0 Å². The third-order valence-electron chi connectivity index (χ3n) is 2.06. The molecule has 1 N–H and O–H groups in total. The summed E-state index contributed by atoms with van der Waals surface area (Å²) in [7, 11) is -9.89. The molecule has 0 saturated carbocycles. The monoisotopic (exact) mass is 501 g/mol. The average Bonchev–Trinajstić information content (AvgIpc) is 2.55. The van der Waals surface area contributed by atoms with Gasteiger partial charge in [-0.1, -0.05) is 12.1 Å². The van der Waals surface area contributed by atoms with Crippen LogP contribution in [0.1, 0.15) is 18.3 Å². The first-order valence-electron chi connectivity index (χ1n) is 6.91. The Balaban J connectivity index is -0.000000404. The number of rotatable bonds is 4. The number of nitrogens with one attached hydrogen (secondary N) is 1. The molecule has 2 heterocycles. The van der Waals surface area contributed by atoms with Crippen LogP contribution in [-0.2, 0) is 30.2 Å². The van der Waals surface area contributed by atoms with E-state index in [1.165, 1.54) is 6.92 Å². The van der Waals surface area contributed by atoms with Crippen LogP contribution in [0, 0.1) is 31.8 Å². The molecule has 0 aliphatic rings. The van der Waals surface area contributed by atoms with Crippen molar-refractivity contribution in [1.82, 2.24) is 15.3 Å². The summed E-state index contributed by atoms with van der Waals surface area (Å²) in [6.45, 7) is 2.98. The van der Waals surface area contributed by atoms with Crippen LogP contribution in [0.2, 0.25) is 0 Å². The summed E-state index contributed by atoms with van der Waals surface area (Å²) >= 11 is 0. The van der Waals surface area contributed by atoms with E-state index in [-0.39, 0.29) is 17.1 Å². The largest absolute Gasteiger partial charge is 2.00 e. The van der Waals surface area contributed by atoms with Crippen molar-refractivity contribution in [3.05, 3.63) is 60.2 Å². The molecule has 1 radical (unpaired) electrons. The zero-order chi connectivity index (χ0) is 22.1. The van der Waals surface area contributed by atoms with Crippen molar-refractivity contribution in [1.29, 1.82) is 5.26 Å².